The number of hydrogen-bond donors (Lipinski definition) is 0. The van der Waals surface area contributed by atoms with Crippen LogP contribution in [-0.2, 0) is 4.74 Å². The molecule has 0 saturated carbocycles. The van der Waals surface area contributed by atoms with Crippen LogP contribution >= 0.6 is 23.2 Å². The molecular formula is C17H17Cl2NO3. The summed E-state index contributed by atoms with van der Waals surface area (Å²) in [5.74, 6) is 0.279. The van der Waals surface area contributed by atoms with Crippen molar-refractivity contribution in [2.45, 2.75) is 6.92 Å². The number of halogens is 2. The molecule has 0 aromatic heterocycles. The van der Waals surface area contributed by atoms with Crippen molar-refractivity contribution in [2.24, 2.45) is 0 Å². The largest absolute Gasteiger partial charge is 0.513 e. The van der Waals surface area contributed by atoms with Gasteiger partial charge in [-0.2, -0.15) is 0 Å². The third kappa shape index (κ3) is 5.34. The molecular weight excluding hydrogens is 337 g/mol. The molecule has 2 aromatic rings. The number of rotatable bonds is 6. The van der Waals surface area contributed by atoms with E-state index in [4.69, 9.17) is 32.7 Å². The van der Waals surface area contributed by atoms with Gasteiger partial charge in [-0.1, -0.05) is 41.4 Å². The van der Waals surface area contributed by atoms with E-state index in [1.807, 2.05) is 31.2 Å². The molecule has 0 saturated heterocycles. The Morgan fingerprint density at radius 2 is 1.91 bits per heavy atom. The summed E-state index contributed by atoms with van der Waals surface area (Å²) in [6, 6.07) is 14.3. The highest BCUT2D eigenvalue weighted by atomic mass is 35.5. The highest BCUT2D eigenvalue weighted by Gasteiger charge is 2.10. The first kappa shape index (κ1) is 17.4. The van der Waals surface area contributed by atoms with Crippen molar-refractivity contribution in [3.63, 3.8) is 0 Å². The van der Waals surface area contributed by atoms with Crippen LogP contribution in [0.25, 0.3) is 0 Å². The summed E-state index contributed by atoms with van der Waals surface area (Å²) in [6.07, 6.45) is -0.778. The summed E-state index contributed by atoms with van der Waals surface area (Å²) >= 11 is 11.9. The average Bonchev–Trinajstić information content (AvgIpc) is 2.54. The van der Waals surface area contributed by atoms with Crippen LogP contribution in [0.15, 0.2) is 48.5 Å². The number of likely N-dealkylation sites (N-methyl/N-ethyl adjacent to an activating group) is 1. The van der Waals surface area contributed by atoms with E-state index in [0.29, 0.717) is 16.6 Å². The third-order valence-corrected chi connectivity index (χ3v) is 3.71. The topological polar surface area (TPSA) is 38.8 Å². The van der Waals surface area contributed by atoms with Gasteiger partial charge in [0.1, 0.15) is 6.61 Å². The Bertz CT molecular complexity index is 664. The van der Waals surface area contributed by atoms with E-state index < -0.39 is 6.16 Å². The molecule has 0 heterocycles. The van der Waals surface area contributed by atoms with Gasteiger partial charge in [-0.05, 0) is 37.3 Å². The number of hydrogen-bond acceptors (Lipinski definition) is 4. The van der Waals surface area contributed by atoms with Crippen molar-refractivity contribution < 1.29 is 14.3 Å². The lowest BCUT2D eigenvalue weighted by Gasteiger charge is -2.22. The predicted octanol–water partition coefficient (Wildman–Crippen LogP) is 5.04. The summed E-state index contributed by atoms with van der Waals surface area (Å²) < 4.78 is 10.1. The zero-order valence-electron chi connectivity index (χ0n) is 12.7. The van der Waals surface area contributed by atoms with Gasteiger partial charge in [0.15, 0.2) is 5.75 Å². The van der Waals surface area contributed by atoms with E-state index >= 15 is 0 Å². The monoisotopic (exact) mass is 353 g/mol. The lowest BCUT2D eigenvalue weighted by molar-refractivity contribution is 0.101. The van der Waals surface area contributed by atoms with Gasteiger partial charge in [-0.25, -0.2) is 4.79 Å². The van der Waals surface area contributed by atoms with Crippen LogP contribution in [0.3, 0.4) is 0 Å². The van der Waals surface area contributed by atoms with Gasteiger partial charge in [0.2, 0.25) is 0 Å². The summed E-state index contributed by atoms with van der Waals surface area (Å²) in [4.78, 5) is 13.7. The fourth-order valence-corrected chi connectivity index (χ4v) is 2.39. The van der Waals surface area contributed by atoms with E-state index in [-0.39, 0.29) is 12.4 Å². The fourth-order valence-electron chi connectivity index (χ4n) is 2.03. The Hall–Kier alpha value is -1.91. The van der Waals surface area contributed by atoms with E-state index in [1.165, 1.54) is 0 Å². The molecule has 0 fully saturated rings. The van der Waals surface area contributed by atoms with Crippen molar-refractivity contribution in [3.8, 4) is 5.75 Å². The second kappa shape index (κ2) is 8.65. The molecule has 0 atom stereocenters. The minimum Gasteiger partial charge on any atom is -0.432 e. The molecule has 0 bridgehead atoms. The van der Waals surface area contributed by atoms with Gasteiger partial charge in [-0.3, -0.25) is 0 Å². The van der Waals surface area contributed by atoms with Crippen LogP contribution in [0, 0.1) is 0 Å². The van der Waals surface area contributed by atoms with Crippen molar-refractivity contribution in [2.75, 3.05) is 24.6 Å². The molecule has 0 unspecified atom stereocenters. The Morgan fingerprint density at radius 1 is 1.13 bits per heavy atom. The van der Waals surface area contributed by atoms with Crippen molar-refractivity contribution in [1.82, 2.24) is 0 Å². The molecule has 0 radical (unpaired) electrons. The molecule has 23 heavy (non-hydrogen) atoms. The molecule has 0 aliphatic carbocycles. The summed E-state index contributed by atoms with van der Waals surface area (Å²) in [5, 5.41) is 1.03. The number of benzene rings is 2. The van der Waals surface area contributed by atoms with Crippen LogP contribution in [0.2, 0.25) is 10.0 Å². The second-order valence-corrected chi connectivity index (χ2v) is 5.53. The molecule has 4 nitrogen and oxygen atoms in total. The van der Waals surface area contributed by atoms with E-state index in [0.717, 1.165) is 12.2 Å². The van der Waals surface area contributed by atoms with Gasteiger partial charge in [0.05, 0.1) is 11.6 Å². The number of anilines is 1. The lowest BCUT2D eigenvalue weighted by atomic mass is 10.3. The molecule has 2 rings (SSSR count). The van der Waals surface area contributed by atoms with Gasteiger partial charge in [0.25, 0.3) is 0 Å². The molecule has 0 spiro atoms. The molecule has 0 amide bonds. The quantitative estimate of drug-likeness (QED) is 0.538. The molecule has 2 aromatic carbocycles. The summed E-state index contributed by atoms with van der Waals surface area (Å²) in [6.45, 7) is 3.52. The van der Waals surface area contributed by atoms with E-state index in [1.54, 1.807) is 24.3 Å². The SMILES string of the molecule is CCN(CCOC(=O)Oc1ccccc1Cl)c1cccc(Cl)c1. The first-order valence-corrected chi connectivity index (χ1v) is 7.95. The number of ether oxygens (including phenoxy) is 2. The van der Waals surface area contributed by atoms with Crippen LogP contribution in [-0.4, -0.2) is 25.9 Å². The Kier molecular flexibility index (Phi) is 6.56. The van der Waals surface area contributed by atoms with Crippen LogP contribution in [0.5, 0.6) is 5.75 Å². The highest BCUT2D eigenvalue weighted by Crippen LogP contribution is 2.23. The van der Waals surface area contributed by atoms with Gasteiger partial charge in [0, 0.05) is 17.3 Å². The molecule has 0 N–H and O–H groups in total. The fraction of sp³-hybridized carbons (Fsp3) is 0.235. The predicted molar refractivity (Wildman–Crippen MR) is 92.8 cm³/mol. The standard InChI is InChI=1S/C17H17Cl2NO3/c1-2-20(14-7-5-6-13(18)12-14)10-11-22-17(21)23-16-9-4-3-8-15(16)19/h3-9,12H,2,10-11H2,1H3. The summed E-state index contributed by atoms with van der Waals surface area (Å²) in [5.41, 5.74) is 0.975. The van der Waals surface area contributed by atoms with E-state index in [9.17, 15) is 4.79 Å². The zero-order chi connectivity index (χ0) is 16.7. The number of nitrogens with zero attached hydrogens (tertiary/aromatic N) is 1. The first-order valence-electron chi connectivity index (χ1n) is 7.20. The van der Waals surface area contributed by atoms with Crippen LogP contribution in [0.4, 0.5) is 10.5 Å². The lowest BCUT2D eigenvalue weighted by Crippen LogP contribution is -2.28. The maximum Gasteiger partial charge on any atom is 0.513 e. The number of para-hydroxylation sites is 1. The molecule has 6 heteroatoms. The Morgan fingerprint density at radius 3 is 2.61 bits per heavy atom. The zero-order valence-corrected chi connectivity index (χ0v) is 14.2. The maximum absolute atomic E-state index is 11.7. The van der Waals surface area contributed by atoms with Crippen LogP contribution < -0.4 is 9.64 Å². The normalized spacial score (nSPS) is 10.2. The first-order chi connectivity index (χ1) is 11.1. The van der Waals surface area contributed by atoms with Crippen molar-refractivity contribution in [3.05, 3.63) is 58.6 Å². The molecule has 122 valence electrons. The molecule has 0 aliphatic rings. The highest BCUT2D eigenvalue weighted by molar-refractivity contribution is 6.32. The van der Waals surface area contributed by atoms with Gasteiger partial charge < -0.3 is 14.4 Å². The maximum atomic E-state index is 11.7. The minimum absolute atomic E-state index is 0.198. The average molecular weight is 354 g/mol. The number of carbonyl (C=O) groups excluding carboxylic acids is 1. The molecule has 0 aliphatic heterocycles. The second-order valence-electron chi connectivity index (χ2n) is 4.69. The smallest absolute Gasteiger partial charge is 0.432 e. The summed E-state index contributed by atoms with van der Waals surface area (Å²) in [7, 11) is 0. The minimum atomic E-state index is -0.778. The van der Waals surface area contributed by atoms with Gasteiger partial charge >= 0.3 is 6.16 Å². The van der Waals surface area contributed by atoms with Crippen LogP contribution in [0.1, 0.15) is 6.92 Å². The Labute approximate surface area is 145 Å². The number of carbonyl (C=O) groups is 1. The third-order valence-electron chi connectivity index (χ3n) is 3.17. The Balaban J connectivity index is 1.83. The van der Waals surface area contributed by atoms with Crippen molar-refractivity contribution in [1.29, 1.82) is 0 Å². The van der Waals surface area contributed by atoms with Crippen molar-refractivity contribution >= 4 is 35.0 Å². The van der Waals surface area contributed by atoms with E-state index in [2.05, 4.69) is 4.90 Å². The van der Waals surface area contributed by atoms with Gasteiger partial charge in [-0.15, -0.1) is 0 Å².